The van der Waals surface area contributed by atoms with Crippen LogP contribution < -0.4 is 0 Å². The van der Waals surface area contributed by atoms with Crippen molar-refractivity contribution in [1.82, 2.24) is 9.80 Å². The summed E-state index contributed by atoms with van der Waals surface area (Å²) in [5, 5.41) is 1.41. The molecule has 2 aliphatic rings. The van der Waals surface area contributed by atoms with Gasteiger partial charge < -0.3 is 9.47 Å². The Labute approximate surface area is 245 Å². The first kappa shape index (κ1) is 27.5. The zero-order chi connectivity index (χ0) is 30.4. The lowest BCUT2D eigenvalue weighted by Crippen LogP contribution is -2.33. The molecule has 214 valence electrons. The molecule has 6 rings (SSSR count). The third-order valence-electron chi connectivity index (χ3n) is 7.62. The smallest absolute Gasteiger partial charge is 0.339 e. The molecule has 10 nitrogen and oxygen atoms in total. The normalized spacial score (nSPS) is 13.9. The van der Waals surface area contributed by atoms with E-state index >= 15 is 0 Å². The molecule has 0 bridgehead atoms. The minimum Gasteiger partial charge on any atom is -0.465 e. The third kappa shape index (κ3) is 4.72. The predicted octanol–water partition coefficient (Wildman–Crippen LogP) is 4.24. The molecule has 0 radical (unpaired) electrons. The first-order chi connectivity index (χ1) is 20.7. The zero-order valence-corrected chi connectivity index (χ0v) is 23.2. The van der Waals surface area contributed by atoms with E-state index in [0.717, 1.165) is 21.4 Å². The van der Waals surface area contributed by atoms with Crippen molar-refractivity contribution in [2.45, 2.75) is 13.3 Å². The zero-order valence-electron chi connectivity index (χ0n) is 23.2. The molecule has 0 spiro atoms. The van der Waals surface area contributed by atoms with Crippen LogP contribution in [0.25, 0.3) is 10.8 Å². The average Bonchev–Trinajstić information content (AvgIpc) is 3.41. The highest BCUT2D eigenvalue weighted by Crippen LogP contribution is 2.28. The lowest BCUT2D eigenvalue weighted by atomic mass is 9.98. The van der Waals surface area contributed by atoms with Crippen LogP contribution in [-0.2, 0) is 15.9 Å². The van der Waals surface area contributed by atoms with Gasteiger partial charge >= 0.3 is 11.9 Å². The van der Waals surface area contributed by atoms with E-state index < -0.39 is 30.5 Å². The van der Waals surface area contributed by atoms with Crippen molar-refractivity contribution in [2.75, 3.05) is 20.4 Å². The van der Waals surface area contributed by atoms with Gasteiger partial charge in [0.1, 0.15) is 0 Å². The standard InChI is InChI=1S/C33H24N2O8/c1-3-34-28(36)24-10-4-18(13-26(24)30(34)38)12-19-5-11-25-27(14-19)31(39)35(29(25)37)17-43-33(41)23-9-7-20-15-22(32(40)42-2)8-6-21(20)16-23/h4-11,13-16H,3,12,17H2,1-2H3. The fourth-order valence-corrected chi connectivity index (χ4v) is 5.36. The maximum absolute atomic E-state index is 13.1. The molecule has 0 unspecified atom stereocenters. The van der Waals surface area contributed by atoms with Crippen molar-refractivity contribution in [3.8, 4) is 0 Å². The fourth-order valence-electron chi connectivity index (χ4n) is 5.36. The highest BCUT2D eigenvalue weighted by atomic mass is 16.5. The number of esters is 2. The Hall–Kier alpha value is -5.64. The Morgan fingerprint density at radius 3 is 1.63 bits per heavy atom. The van der Waals surface area contributed by atoms with Gasteiger partial charge in [-0.1, -0.05) is 24.3 Å². The third-order valence-corrected chi connectivity index (χ3v) is 7.62. The summed E-state index contributed by atoms with van der Waals surface area (Å²) in [6, 6.07) is 19.7. The van der Waals surface area contributed by atoms with Gasteiger partial charge in [-0.25, -0.2) is 14.5 Å². The van der Waals surface area contributed by atoms with Gasteiger partial charge in [-0.2, -0.15) is 0 Å². The summed E-state index contributed by atoms with van der Waals surface area (Å²) in [6.07, 6.45) is 0.369. The summed E-state index contributed by atoms with van der Waals surface area (Å²) < 4.78 is 10.1. The SMILES string of the molecule is CCN1C(=O)c2ccc(Cc3ccc4c(c3)C(=O)N(COC(=O)c3ccc5cc(C(=O)OC)ccc5c3)C4=O)cc2C1=O. The predicted molar refractivity (Wildman–Crippen MR) is 153 cm³/mol. The van der Waals surface area contributed by atoms with Crippen LogP contribution in [0, 0.1) is 0 Å². The maximum Gasteiger partial charge on any atom is 0.339 e. The van der Waals surface area contributed by atoms with Gasteiger partial charge in [-0.15, -0.1) is 0 Å². The first-order valence-corrected chi connectivity index (χ1v) is 13.5. The van der Waals surface area contributed by atoms with Crippen LogP contribution in [0.5, 0.6) is 0 Å². The van der Waals surface area contributed by atoms with Crippen LogP contribution in [0.4, 0.5) is 0 Å². The Balaban J connectivity index is 1.14. The molecule has 0 fully saturated rings. The van der Waals surface area contributed by atoms with Crippen LogP contribution >= 0.6 is 0 Å². The number of benzene rings is 4. The summed E-state index contributed by atoms with van der Waals surface area (Å²) in [4.78, 5) is 77.7. The van der Waals surface area contributed by atoms with Gasteiger partial charge in [-0.05, 0) is 83.8 Å². The van der Waals surface area contributed by atoms with Crippen molar-refractivity contribution in [3.05, 3.63) is 117 Å². The molecule has 2 aliphatic heterocycles. The van der Waals surface area contributed by atoms with Gasteiger partial charge in [0.25, 0.3) is 23.6 Å². The van der Waals surface area contributed by atoms with Crippen LogP contribution in [0.15, 0.2) is 72.8 Å². The number of hydrogen-bond donors (Lipinski definition) is 0. The number of fused-ring (bicyclic) bond motifs is 3. The molecular weight excluding hydrogens is 552 g/mol. The van der Waals surface area contributed by atoms with Crippen molar-refractivity contribution in [2.24, 2.45) is 0 Å². The monoisotopic (exact) mass is 576 g/mol. The van der Waals surface area contributed by atoms with Crippen molar-refractivity contribution < 1.29 is 38.2 Å². The number of carbonyl (C=O) groups excluding carboxylic acids is 6. The Morgan fingerprint density at radius 1 is 0.605 bits per heavy atom. The number of rotatable bonds is 7. The number of imide groups is 2. The topological polar surface area (TPSA) is 127 Å². The van der Waals surface area contributed by atoms with Gasteiger partial charge in [-0.3, -0.25) is 24.1 Å². The van der Waals surface area contributed by atoms with E-state index in [1.165, 1.54) is 18.1 Å². The van der Waals surface area contributed by atoms with Gasteiger partial charge in [0, 0.05) is 6.54 Å². The van der Waals surface area contributed by atoms with Crippen LogP contribution in [-0.4, -0.2) is 65.8 Å². The van der Waals surface area contributed by atoms with Crippen LogP contribution in [0.3, 0.4) is 0 Å². The van der Waals surface area contributed by atoms with E-state index in [-0.39, 0.29) is 35.0 Å². The summed E-state index contributed by atoms with van der Waals surface area (Å²) in [6.45, 7) is 1.47. The summed E-state index contributed by atoms with van der Waals surface area (Å²) in [7, 11) is 1.29. The second-order valence-corrected chi connectivity index (χ2v) is 10.2. The van der Waals surface area contributed by atoms with Crippen molar-refractivity contribution in [1.29, 1.82) is 0 Å². The van der Waals surface area contributed by atoms with E-state index in [4.69, 9.17) is 9.47 Å². The molecule has 4 amide bonds. The Bertz CT molecular complexity index is 1910. The van der Waals surface area contributed by atoms with E-state index in [9.17, 15) is 28.8 Å². The second kappa shape index (κ2) is 10.6. The highest BCUT2D eigenvalue weighted by molar-refractivity contribution is 6.22. The molecule has 2 heterocycles. The lowest BCUT2D eigenvalue weighted by Gasteiger charge is -2.14. The maximum atomic E-state index is 13.1. The fraction of sp³-hybridized carbons (Fsp3) is 0.152. The van der Waals surface area contributed by atoms with E-state index in [2.05, 4.69) is 0 Å². The molecule has 43 heavy (non-hydrogen) atoms. The second-order valence-electron chi connectivity index (χ2n) is 10.2. The van der Waals surface area contributed by atoms with Crippen molar-refractivity contribution in [3.63, 3.8) is 0 Å². The molecule has 0 N–H and O–H groups in total. The van der Waals surface area contributed by atoms with Gasteiger partial charge in [0.15, 0.2) is 6.73 Å². The Kier molecular flexibility index (Phi) is 6.81. The molecular formula is C33H24N2O8. The molecule has 0 aromatic heterocycles. The highest BCUT2D eigenvalue weighted by Gasteiger charge is 2.37. The minimum absolute atomic E-state index is 0.190. The summed E-state index contributed by atoms with van der Waals surface area (Å²) in [5.74, 6) is -3.00. The molecule has 0 saturated carbocycles. The summed E-state index contributed by atoms with van der Waals surface area (Å²) >= 11 is 0. The number of ether oxygens (including phenoxy) is 2. The number of carbonyl (C=O) groups is 6. The van der Waals surface area contributed by atoms with Gasteiger partial charge in [0.2, 0.25) is 0 Å². The molecule has 0 saturated heterocycles. The Morgan fingerprint density at radius 2 is 1.09 bits per heavy atom. The summed E-state index contributed by atoms with van der Waals surface area (Å²) in [5.41, 5.74) is 3.20. The molecule has 10 heteroatoms. The molecule has 4 aromatic carbocycles. The molecule has 0 aliphatic carbocycles. The number of hydrogen-bond acceptors (Lipinski definition) is 8. The largest absolute Gasteiger partial charge is 0.465 e. The van der Waals surface area contributed by atoms with Gasteiger partial charge in [0.05, 0.1) is 40.5 Å². The quantitative estimate of drug-likeness (QED) is 0.236. The number of nitrogens with zero attached hydrogens (tertiary/aromatic N) is 2. The lowest BCUT2D eigenvalue weighted by molar-refractivity contribution is 0.0227. The van der Waals surface area contributed by atoms with E-state index in [0.29, 0.717) is 28.5 Å². The van der Waals surface area contributed by atoms with Crippen LogP contribution in [0.1, 0.15) is 80.2 Å². The number of methoxy groups -OCH3 is 1. The van der Waals surface area contributed by atoms with E-state index in [1.54, 1.807) is 73.7 Å². The average molecular weight is 577 g/mol. The first-order valence-electron chi connectivity index (χ1n) is 13.5. The van der Waals surface area contributed by atoms with E-state index in [1.807, 2.05) is 0 Å². The van der Waals surface area contributed by atoms with Crippen LogP contribution in [0.2, 0.25) is 0 Å². The molecule has 0 atom stereocenters. The molecule has 4 aromatic rings. The number of amides is 4. The minimum atomic E-state index is -0.720. The van der Waals surface area contributed by atoms with Crippen molar-refractivity contribution >= 4 is 46.3 Å².